The molecule has 0 aliphatic carbocycles. The van der Waals surface area contributed by atoms with Gasteiger partial charge >= 0.3 is 6.09 Å². The fourth-order valence-electron chi connectivity index (χ4n) is 2.91. The number of halogens is 3. The van der Waals surface area contributed by atoms with Gasteiger partial charge in [-0.05, 0) is 30.5 Å². The van der Waals surface area contributed by atoms with Crippen LogP contribution in [0.4, 0.5) is 23.8 Å². The van der Waals surface area contributed by atoms with Crippen molar-refractivity contribution in [3.05, 3.63) is 36.2 Å². The number of alkyl halides is 3. The summed E-state index contributed by atoms with van der Waals surface area (Å²) in [6, 6.07) is 4.19. The summed E-state index contributed by atoms with van der Waals surface area (Å²) in [4.78, 5) is 19.4. The quantitative estimate of drug-likeness (QED) is 0.618. The van der Waals surface area contributed by atoms with Crippen LogP contribution in [0.3, 0.4) is 0 Å². The third-order valence-electron chi connectivity index (χ3n) is 4.20. The largest absolute Gasteiger partial charge is 0.489 e. The van der Waals surface area contributed by atoms with Crippen molar-refractivity contribution in [1.82, 2.24) is 9.97 Å². The molecule has 2 rings (SSSR count). The van der Waals surface area contributed by atoms with Gasteiger partial charge in [0, 0.05) is 11.8 Å². The summed E-state index contributed by atoms with van der Waals surface area (Å²) in [5.74, 6) is 0.122. The Balaban J connectivity index is 2.27. The third-order valence-corrected chi connectivity index (χ3v) is 4.20. The Morgan fingerprint density at radius 3 is 2.63 bits per heavy atom. The zero-order chi connectivity index (χ0) is 22.3. The summed E-state index contributed by atoms with van der Waals surface area (Å²) in [7, 11) is 1.20. The number of hydrogen-bond acceptors (Lipinski definition) is 6. The topological polar surface area (TPSA) is 99.4 Å². The molecule has 3 N–H and O–H groups in total. The highest BCUT2D eigenvalue weighted by Gasteiger charge is 2.28. The molecule has 1 atom stereocenters. The van der Waals surface area contributed by atoms with Crippen LogP contribution in [0.15, 0.2) is 30.6 Å². The molecular formula is C20H25F3N4O3. The molecule has 7 nitrogen and oxygen atoms in total. The maximum absolute atomic E-state index is 13.6. The average Bonchev–Trinajstić information content (AvgIpc) is 2.71. The van der Waals surface area contributed by atoms with Gasteiger partial charge in [0.15, 0.2) is 0 Å². The Hall–Kier alpha value is -2.88. The van der Waals surface area contributed by atoms with Crippen LogP contribution in [0.1, 0.15) is 32.3 Å². The van der Waals surface area contributed by atoms with Gasteiger partial charge < -0.3 is 15.2 Å². The first kappa shape index (κ1) is 23.4. The molecule has 0 spiro atoms. The van der Waals surface area contributed by atoms with E-state index < -0.39 is 30.3 Å². The number of ether oxygens (including phenoxy) is 2. The Labute approximate surface area is 172 Å². The molecule has 164 valence electrons. The van der Waals surface area contributed by atoms with Crippen LogP contribution in [0.2, 0.25) is 0 Å². The lowest BCUT2D eigenvalue weighted by Crippen LogP contribution is -2.49. The van der Waals surface area contributed by atoms with Crippen LogP contribution in [0.5, 0.6) is 5.75 Å². The molecule has 1 amide bonds. The summed E-state index contributed by atoms with van der Waals surface area (Å²) < 4.78 is 50.6. The summed E-state index contributed by atoms with van der Waals surface area (Å²) in [5, 5.41) is 2.39. The van der Waals surface area contributed by atoms with Crippen molar-refractivity contribution in [3.63, 3.8) is 0 Å². The van der Waals surface area contributed by atoms with Gasteiger partial charge in [0.05, 0.1) is 30.1 Å². The van der Waals surface area contributed by atoms with Crippen LogP contribution in [-0.4, -0.2) is 42.0 Å². The van der Waals surface area contributed by atoms with Gasteiger partial charge in [-0.15, -0.1) is 0 Å². The highest BCUT2D eigenvalue weighted by atomic mass is 19.3. The SMILES string of the molecule is COC(=O)Nc1cc(-c2cc(C(F)F)c(OC[C@](N)(CF)CC(C)C)cn2)ccn1. The fourth-order valence-corrected chi connectivity index (χ4v) is 2.91. The molecule has 0 aromatic carbocycles. The normalized spacial score (nSPS) is 13.2. The van der Waals surface area contributed by atoms with Crippen molar-refractivity contribution < 1.29 is 27.4 Å². The van der Waals surface area contributed by atoms with Crippen LogP contribution in [-0.2, 0) is 4.74 Å². The number of carbonyl (C=O) groups excluding carboxylic acids is 1. The number of nitrogens with zero attached hydrogens (tertiary/aromatic N) is 2. The first-order valence-corrected chi connectivity index (χ1v) is 9.24. The standard InChI is InChI=1S/C20H25F3N4O3/c1-12(2)8-20(24,10-21)11-30-16-9-26-15(7-14(16)18(22)23)13-4-5-25-17(6-13)27-19(28)29-3/h4-7,9,12,18H,8,10-11,24H2,1-3H3,(H,25,27,28)/t20-/m1/s1. The van der Waals surface area contributed by atoms with Gasteiger partial charge in [-0.1, -0.05) is 13.8 Å². The minimum Gasteiger partial charge on any atom is -0.489 e. The molecule has 0 fully saturated rings. The van der Waals surface area contributed by atoms with Gasteiger partial charge in [-0.25, -0.2) is 22.9 Å². The van der Waals surface area contributed by atoms with Crippen molar-refractivity contribution >= 4 is 11.9 Å². The van der Waals surface area contributed by atoms with Crippen LogP contribution < -0.4 is 15.8 Å². The van der Waals surface area contributed by atoms with Crippen LogP contribution in [0, 0.1) is 5.92 Å². The van der Waals surface area contributed by atoms with E-state index in [-0.39, 0.29) is 29.8 Å². The number of pyridine rings is 2. The van der Waals surface area contributed by atoms with Crippen molar-refractivity contribution in [2.24, 2.45) is 11.7 Å². The highest BCUT2D eigenvalue weighted by Crippen LogP contribution is 2.33. The molecule has 10 heteroatoms. The molecule has 2 heterocycles. The minimum absolute atomic E-state index is 0.115. The summed E-state index contributed by atoms with van der Waals surface area (Å²) in [6.45, 7) is 2.67. The van der Waals surface area contributed by atoms with Gasteiger partial charge in [0.25, 0.3) is 6.43 Å². The summed E-state index contributed by atoms with van der Waals surface area (Å²) >= 11 is 0. The minimum atomic E-state index is -2.85. The second kappa shape index (κ2) is 10.2. The Bertz CT molecular complexity index is 867. The number of methoxy groups -OCH3 is 1. The lowest BCUT2D eigenvalue weighted by molar-refractivity contribution is 0.131. The first-order valence-electron chi connectivity index (χ1n) is 9.24. The second-order valence-electron chi connectivity index (χ2n) is 7.34. The maximum atomic E-state index is 13.6. The van der Waals surface area contributed by atoms with E-state index in [1.165, 1.54) is 25.4 Å². The summed E-state index contributed by atoms with van der Waals surface area (Å²) in [6.07, 6.45) is -0.682. The predicted molar refractivity (Wildman–Crippen MR) is 106 cm³/mol. The number of aromatic nitrogens is 2. The van der Waals surface area contributed by atoms with E-state index in [9.17, 15) is 18.0 Å². The molecule has 0 aliphatic heterocycles. The number of hydrogen-bond donors (Lipinski definition) is 2. The highest BCUT2D eigenvalue weighted by molar-refractivity contribution is 5.84. The molecule has 0 bridgehead atoms. The van der Waals surface area contributed by atoms with Gasteiger partial charge in [0.1, 0.15) is 24.8 Å². The Kier molecular flexibility index (Phi) is 7.99. The van der Waals surface area contributed by atoms with E-state index in [1.54, 1.807) is 6.07 Å². The van der Waals surface area contributed by atoms with Gasteiger partial charge in [-0.3, -0.25) is 10.3 Å². The maximum Gasteiger partial charge on any atom is 0.412 e. The zero-order valence-electron chi connectivity index (χ0n) is 17.0. The van der Waals surface area contributed by atoms with Gasteiger partial charge in [0.2, 0.25) is 0 Å². The first-order chi connectivity index (χ1) is 14.2. The average molecular weight is 426 g/mol. The molecule has 0 aliphatic rings. The monoisotopic (exact) mass is 426 g/mol. The van der Waals surface area contributed by atoms with E-state index in [1.807, 2.05) is 13.8 Å². The van der Waals surface area contributed by atoms with Crippen molar-refractivity contribution in [1.29, 1.82) is 0 Å². The lowest BCUT2D eigenvalue weighted by Gasteiger charge is -2.28. The summed E-state index contributed by atoms with van der Waals surface area (Å²) in [5.41, 5.74) is 5.00. The van der Waals surface area contributed by atoms with E-state index in [0.29, 0.717) is 12.0 Å². The van der Waals surface area contributed by atoms with Crippen LogP contribution in [0.25, 0.3) is 11.3 Å². The second-order valence-corrected chi connectivity index (χ2v) is 7.34. The molecule has 2 aromatic rings. The lowest BCUT2D eigenvalue weighted by atomic mass is 9.92. The molecule has 0 radical (unpaired) electrons. The number of anilines is 1. The Morgan fingerprint density at radius 1 is 1.30 bits per heavy atom. The van der Waals surface area contributed by atoms with Gasteiger partial charge in [-0.2, -0.15) is 0 Å². The van der Waals surface area contributed by atoms with Crippen molar-refractivity contribution in [2.45, 2.75) is 32.2 Å². The molecular weight excluding hydrogens is 401 g/mol. The van der Waals surface area contributed by atoms with Crippen LogP contribution >= 0.6 is 0 Å². The van der Waals surface area contributed by atoms with E-state index >= 15 is 0 Å². The molecule has 0 saturated heterocycles. The Morgan fingerprint density at radius 2 is 2.03 bits per heavy atom. The molecule has 0 saturated carbocycles. The molecule has 30 heavy (non-hydrogen) atoms. The fraction of sp³-hybridized carbons (Fsp3) is 0.450. The van der Waals surface area contributed by atoms with Crippen molar-refractivity contribution in [3.8, 4) is 17.0 Å². The number of nitrogens with one attached hydrogen (secondary N) is 1. The number of rotatable bonds is 9. The number of amides is 1. The van der Waals surface area contributed by atoms with E-state index in [2.05, 4.69) is 20.0 Å². The predicted octanol–water partition coefficient (Wildman–Crippen LogP) is 4.35. The van der Waals surface area contributed by atoms with E-state index in [4.69, 9.17) is 10.5 Å². The molecule has 0 unspecified atom stereocenters. The number of carbonyl (C=O) groups is 1. The third kappa shape index (κ3) is 6.31. The zero-order valence-corrected chi connectivity index (χ0v) is 17.0. The smallest absolute Gasteiger partial charge is 0.412 e. The van der Waals surface area contributed by atoms with E-state index in [0.717, 1.165) is 6.20 Å². The van der Waals surface area contributed by atoms with Crippen molar-refractivity contribution in [2.75, 3.05) is 25.7 Å². The number of nitrogens with two attached hydrogens (primary N) is 1. The molecule has 2 aromatic heterocycles.